The maximum absolute atomic E-state index is 6.11. The van der Waals surface area contributed by atoms with Gasteiger partial charge in [-0.25, -0.2) is 0 Å². The van der Waals surface area contributed by atoms with Gasteiger partial charge in [-0.05, 0) is 43.7 Å². The number of hydrogen-bond donors (Lipinski definition) is 1. The minimum absolute atomic E-state index is 0.183. The van der Waals surface area contributed by atoms with Crippen molar-refractivity contribution < 1.29 is 4.74 Å². The summed E-state index contributed by atoms with van der Waals surface area (Å²) in [6, 6.07) is 6.44. The third-order valence-corrected chi connectivity index (χ3v) is 4.65. The van der Waals surface area contributed by atoms with Crippen molar-refractivity contribution >= 4 is 11.6 Å². The van der Waals surface area contributed by atoms with Crippen LogP contribution in [0, 0.1) is 12.3 Å². The van der Waals surface area contributed by atoms with E-state index in [1.807, 2.05) is 25.1 Å². The number of aryl methyl sites for hydroxylation is 1. The van der Waals surface area contributed by atoms with Crippen molar-refractivity contribution in [3.63, 3.8) is 0 Å². The number of ether oxygens (including phenoxy) is 1. The van der Waals surface area contributed by atoms with E-state index in [-0.39, 0.29) is 11.5 Å². The highest BCUT2D eigenvalue weighted by atomic mass is 35.5. The van der Waals surface area contributed by atoms with Gasteiger partial charge in [0.2, 0.25) is 0 Å². The number of halogens is 1. The summed E-state index contributed by atoms with van der Waals surface area (Å²) in [7, 11) is 0. The van der Waals surface area contributed by atoms with Gasteiger partial charge in [-0.15, -0.1) is 0 Å². The number of benzene rings is 1. The average Bonchev–Trinajstić information content (AvgIpc) is 2.37. The van der Waals surface area contributed by atoms with E-state index in [2.05, 4.69) is 26.1 Å². The zero-order valence-corrected chi connectivity index (χ0v) is 13.1. The summed E-state index contributed by atoms with van der Waals surface area (Å²) >= 11 is 6.04. The first-order valence-electron chi connectivity index (χ1n) is 7.11. The number of hydrogen-bond acceptors (Lipinski definition) is 2. The van der Waals surface area contributed by atoms with Crippen molar-refractivity contribution in [2.45, 2.75) is 52.7 Å². The lowest BCUT2D eigenvalue weighted by atomic mass is 9.64. The van der Waals surface area contributed by atoms with E-state index < -0.39 is 0 Å². The molecule has 1 aliphatic carbocycles. The molecule has 0 saturated heterocycles. The minimum Gasteiger partial charge on any atom is -0.490 e. The fourth-order valence-corrected chi connectivity index (χ4v) is 2.72. The van der Waals surface area contributed by atoms with Crippen LogP contribution >= 0.6 is 11.6 Å². The van der Waals surface area contributed by atoms with Gasteiger partial charge in [0.05, 0.1) is 0 Å². The maximum atomic E-state index is 6.11. The molecular formula is C16H24ClNO. The Kier molecular flexibility index (Phi) is 4.42. The first-order valence-corrected chi connectivity index (χ1v) is 7.49. The van der Waals surface area contributed by atoms with Gasteiger partial charge >= 0.3 is 0 Å². The van der Waals surface area contributed by atoms with Crippen molar-refractivity contribution in [3.8, 4) is 5.75 Å². The van der Waals surface area contributed by atoms with Crippen molar-refractivity contribution in [1.29, 1.82) is 0 Å². The molecule has 1 aromatic carbocycles. The number of nitrogens with one attached hydrogen (secondary N) is 1. The molecule has 0 spiro atoms. The highest BCUT2D eigenvalue weighted by Crippen LogP contribution is 2.43. The molecule has 1 saturated carbocycles. The smallest absolute Gasteiger partial charge is 0.120 e. The van der Waals surface area contributed by atoms with Crippen molar-refractivity contribution in [2.24, 2.45) is 5.41 Å². The minimum atomic E-state index is 0.183. The van der Waals surface area contributed by atoms with E-state index in [0.717, 1.165) is 29.3 Å². The van der Waals surface area contributed by atoms with Crippen LogP contribution in [0.25, 0.3) is 0 Å². The molecule has 1 aliphatic rings. The molecule has 0 radical (unpaired) electrons. The fraction of sp³-hybridized carbons (Fsp3) is 0.625. The highest BCUT2D eigenvalue weighted by molar-refractivity contribution is 6.31. The molecule has 2 rings (SSSR count). The van der Waals surface area contributed by atoms with Gasteiger partial charge in [0.15, 0.2) is 0 Å². The van der Waals surface area contributed by atoms with E-state index in [1.165, 1.54) is 6.42 Å². The van der Waals surface area contributed by atoms with Gasteiger partial charge in [-0.2, -0.15) is 0 Å². The Morgan fingerprint density at radius 3 is 2.74 bits per heavy atom. The van der Waals surface area contributed by atoms with Crippen molar-refractivity contribution in [3.05, 3.63) is 28.8 Å². The maximum Gasteiger partial charge on any atom is 0.120 e. The molecule has 1 N–H and O–H groups in total. The van der Waals surface area contributed by atoms with Gasteiger partial charge in [0.1, 0.15) is 11.9 Å². The predicted octanol–water partition coefficient (Wildman–Crippen LogP) is 4.19. The van der Waals surface area contributed by atoms with Crippen LogP contribution in [-0.2, 0) is 0 Å². The van der Waals surface area contributed by atoms with Gasteiger partial charge < -0.3 is 10.1 Å². The molecule has 106 valence electrons. The molecule has 2 unspecified atom stereocenters. The second kappa shape index (κ2) is 5.72. The quantitative estimate of drug-likeness (QED) is 0.874. The Balaban J connectivity index is 1.96. The molecule has 1 fully saturated rings. The van der Waals surface area contributed by atoms with Crippen molar-refractivity contribution in [2.75, 3.05) is 6.54 Å². The van der Waals surface area contributed by atoms with E-state index in [0.29, 0.717) is 6.04 Å². The normalized spacial score (nSPS) is 24.9. The second-order valence-electron chi connectivity index (χ2n) is 6.08. The summed E-state index contributed by atoms with van der Waals surface area (Å²) in [5.74, 6) is 0.925. The van der Waals surface area contributed by atoms with Crippen LogP contribution in [0.2, 0.25) is 5.02 Å². The van der Waals surface area contributed by atoms with Crippen LogP contribution in [0.15, 0.2) is 18.2 Å². The van der Waals surface area contributed by atoms with Crippen LogP contribution in [0.4, 0.5) is 0 Å². The van der Waals surface area contributed by atoms with Crippen LogP contribution in [0.1, 0.15) is 39.2 Å². The topological polar surface area (TPSA) is 21.3 Å². The summed E-state index contributed by atoms with van der Waals surface area (Å²) in [4.78, 5) is 0. The second-order valence-corrected chi connectivity index (χ2v) is 6.49. The monoisotopic (exact) mass is 281 g/mol. The Morgan fingerprint density at radius 2 is 2.16 bits per heavy atom. The lowest BCUT2D eigenvalue weighted by Crippen LogP contribution is -2.62. The summed E-state index contributed by atoms with van der Waals surface area (Å²) in [6.45, 7) is 9.84. The van der Waals surface area contributed by atoms with E-state index in [1.54, 1.807) is 0 Å². The fourth-order valence-electron chi connectivity index (χ4n) is 2.61. The molecule has 0 bridgehead atoms. The summed E-state index contributed by atoms with van der Waals surface area (Å²) < 4.78 is 6.11. The van der Waals surface area contributed by atoms with E-state index >= 15 is 0 Å². The Hall–Kier alpha value is -0.730. The summed E-state index contributed by atoms with van der Waals surface area (Å²) in [6.07, 6.45) is 2.53. The molecule has 0 amide bonds. The van der Waals surface area contributed by atoms with Crippen LogP contribution < -0.4 is 10.1 Å². The molecule has 0 aromatic heterocycles. The molecule has 0 aliphatic heterocycles. The standard InChI is InChI=1S/C16H24ClNO/c1-5-8-18-14-10-15(16(14,3)4)19-12-6-7-13(17)11(2)9-12/h6-7,9,14-15,18H,5,8,10H2,1-4H3. The summed E-state index contributed by atoms with van der Waals surface area (Å²) in [5.41, 5.74) is 1.25. The lowest BCUT2D eigenvalue weighted by Gasteiger charge is -2.51. The third kappa shape index (κ3) is 3.06. The van der Waals surface area contributed by atoms with E-state index in [4.69, 9.17) is 16.3 Å². The Labute approximate surface area is 121 Å². The molecule has 2 nitrogen and oxygen atoms in total. The zero-order chi connectivity index (χ0) is 14.0. The van der Waals surface area contributed by atoms with Crippen LogP contribution in [0.5, 0.6) is 5.75 Å². The highest BCUT2D eigenvalue weighted by Gasteiger charge is 2.49. The van der Waals surface area contributed by atoms with Crippen LogP contribution in [-0.4, -0.2) is 18.7 Å². The van der Waals surface area contributed by atoms with E-state index in [9.17, 15) is 0 Å². The number of rotatable bonds is 5. The molecule has 19 heavy (non-hydrogen) atoms. The first-order chi connectivity index (χ1) is 8.95. The van der Waals surface area contributed by atoms with Gasteiger partial charge in [-0.1, -0.05) is 32.4 Å². The molecular weight excluding hydrogens is 258 g/mol. The molecule has 2 atom stereocenters. The Morgan fingerprint density at radius 1 is 1.42 bits per heavy atom. The molecule has 1 aromatic rings. The Bertz CT molecular complexity index is 444. The third-order valence-electron chi connectivity index (χ3n) is 4.23. The lowest BCUT2D eigenvalue weighted by molar-refractivity contribution is -0.0546. The molecule has 0 heterocycles. The van der Waals surface area contributed by atoms with Gasteiger partial charge in [0, 0.05) is 22.9 Å². The average molecular weight is 282 g/mol. The van der Waals surface area contributed by atoms with Crippen molar-refractivity contribution in [1.82, 2.24) is 5.32 Å². The summed E-state index contributed by atoms with van der Waals surface area (Å²) in [5, 5.41) is 4.39. The molecule has 3 heteroatoms. The first kappa shape index (κ1) is 14.7. The predicted molar refractivity (Wildman–Crippen MR) is 81.1 cm³/mol. The largest absolute Gasteiger partial charge is 0.490 e. The van der Waals surface area contributed by atoms with Crippen LogP contribution in [0.3, 0.4) is 0 Å². The SMILES string of the molecule is CCCNC1CC(Oc2ccc(Cl)c(C)c2)C1(C)C. The van der Waals surface area contributed by atoms with Gasteiger partial charge in [-0.3, -0.25) is 0 Å². The zero-order valence-electron chi connectivity index (χ0n) is 12.3. The van der Waals surface area contributed by atoms with Gasteiger partial charge in [0.25, 0.3) is 0 Å².